The molecule has 0 atom stereocenters. The first-order valence-corrected chi connectivity index (χ1v) is 3.72. The lowest BCUT2D eigenvalue weighted by molar-refractivity contribution is -0.120. The quantitative estimate of drug-likeness (QED) is 0.454. The molecule has 4 nitrogen and oxygen atoms in total. The van der Waals surface area contributed by atoms with Crippen LogP contribution >= 0.6 is 0 Å². The van der Waals surface area contributed by atoms with E-state index >= 15 is 0 Å². The highest BCUT2D eigenvalue weighted by Crippen LogP contribution is 1.83. The van der Waals surface area contributed by atoms with Gasteiger partial charge in [0.1, 0.15) is 0 Å². The molecule has 0 aliphatic carbocycles. The topological polar surface area (TPSA) is 58.2 Å². The van der Waals surface area contributed by atoms with E-state index in [1.165, 1.54) is 6.92 Å². The van der Waals surface area contributed by atoms with Crippen molar-refractivity contribution in [2.45, 2.75) is 13.8 Å². The van der Waals surface area contributed by atoms with Crippen molar-refractivity contribution in [3.05, 3.63) is 12.2 Å². The lowest BCUT2D eigenvalue weighted by Gasteiger charge is -2.04. The third-order valence-electron chi connectivity index (χ3n) is 1.17. The van der Waals surface area contributed by atoms with Crippen molar-refractivity contribution in [1.82, 2.24) is 10.6 Å². The average Bonchev–Trinajstić information content (AvgIpc) is 1.97. The van der Waals surface area contributed by atoms with Crippen molar-refractivity contribution in [2.24, 2.45) is 0 Å². The number of hydrogen-bond acceptors (Lipinski definition) is 2. The van der Waals surface area contributed by atoms with Gasteiger partial charge in [0, 0.05) is 25.6 Å². The molecule has 12 heavy (non-hydrogen) atoms. The fourth-order valence-corrected chi connectivity index (χ4v) is 0.565. The first-order chi connectivity index (χ1) is 5.54. The Kier molecular flexibility index (Phi) is 4.76. The van der Waals surface area contributed by atoms with E-state index in [1.54, 1.807) is 6.92 Å². The van der Waals surface area contributed by atoms with Crippen LogP contribution in [0.15, 0.2) is 12.2 Å². The number of carbonyl (C=O) groups excluding carboxylic acids is 2. The number of nitrogens with one attached hydrogen (secondary N) is 2. The largest absolute Gasteiger partial charge is 0.355 e. The first-order valence-electron chi connectivity index (χ1n) is 3.72. The highest BCUT2D eigenvalue weighted by atomic mass is 16.2. The van der Waals surface area contributed by atoms with Crippen LogP contribution in [0.25, 0.3) is 0 Å². The normalized spacial score (nSPS) is 8.83. The van der Waals surface area contributed by atoms with Gasteiger partial charge in [0.15, 0.2) is 0 Å². The fourth-order valence-electron chi connectivity index (χ4n) is 0.565. The average molecular weight is 170 g/mol. The van der Waals surface area contributed by atoms with Crippen molar-refractivity contribution < 1.29 is 9.59 Å². The molecule has 0 aromatic heterocycles. The molecule has 4 heteroatoms. The summed E-state index contributed by atoms with van der Waals surface area (Å²) < 4.78 is 0. The van der Waals surface area contributed by atoms with E-state index in [4.69, 9.17) is 0 Å². The van der Waals surface area contributed by atoms with Crippen LogP contribution < -0.4 is 10.6 Å². The van der Waals surface area contributed by atoms with Crippen molar-refractivity contribution in [3.63, 3.8) is 0 Å². The van der Waals surface area contributed by atoms with Crippen LogP contribution in [-0.4, -0.2) is 24.9 Å². The fraction of sp³-hybridized carbons (Fsp3) is 0.500. The molecule has 0 spiro atoms. The van der Waals surface area contributed by atoms with E-state index in [2.05, 4.69) is 17.2 Å². The Balaban J connectivity index is 3.38. The summed E-state index contributed by atoms with van der Waals surface area (Å²) in [5.41, 5.74) is 0.470. The molecule has 0 heterocycles. The van der Waals surface area contributed by atoms with Crippen LogP contribution in [0.4, 0.5) is 0 Å². The zero-order valence-corrected chi connectivity index (χ0v) is 7.44. The number of amides is 2. The molecule has 0 saturated heterocycles. The molecule has 2 amide bonds. The van der Waals surface area contributed by atoms with E-state index in [0.29, 0.717) is 18.7 Å². The van der Waals surface area contributed by atoms with Crippen molar-refractivity contribution in [1.29, 1.82) is 0 Å². The second-order valence-electron chi connectivity index (χ2n) is 2.52. The summed E-state index contributed by atoms with van der Waals surface area (Å²) in [5.74, 6) is -0.278. The predicted octanol–water partition coefficient (Wildman–Crippen LogP) is -0.185. The molecule has 2 N–H and O–H groups in total. The smallest absolute Gasteiger partial charge is 0.246 e. The van der Waals surface area contributed by atoms with Gasteiger partial charge >= 0.3 is 0 Å². The maximum absolute atomic E-state index is 10.9. The summed E-state index contributed by atoms with van der Waals surface area (Å²) in [5, 5.41) is 5.14. The Hall–Kier alpha value is -1.32. The summed E-state index contributed by atoms with van der Waals surface area (Å²) in [6.07, 6.45) is 0. The minimum atomic E-state index is -0.180. The van der Waals surface area contributed by atoms with E-state index < -0.39 is 0 Å². The molecular formula is C8H14N2O2. The summed E-state index contributed by atoms with van der Waals surface area (Å²) in [4.78, 5) is 21.2. The molecule has 0 saturated carbocycles. The Bertz CT molecular complexity index is 199. The van der Waals surface area contributed by atoms with Gasteiger partial charge in [0.05, 0.1) is 0 Å². The second-order valence-corrected chi connectivity index (χ2v) is 2.52. The number of carbonyl (C=O) groups is 2. The molecule has 0 unspecified atom stereocenters. The van der Waals surface area contributed by atoms with E-state index in [1.807, 2.05) is 0 Å². The zero-order chi connectivity index (χ0) is 9.56. The molecule has 0 fully saturated rings. The Morgan fingerprint density at radius 2 is 1.67 bits per heavy atom. The molecule has 0 radical (unpaired) electrons. The second kappa shape index (κ2) is 5.35. The standard InChI is InChI=1S/C8H14N2O2/c1-6(2)8(12)10-5-4-9-7(3)11/h1,4-5H2,2-3H3,(H,9,11)(H,10,12). The van der Waals surface area contributed by atoms with Crippen LogP contribution in [0.3, 0.4) is 0 Å². The highest BCUT2D eigenvalue weighted by Gasteiger charge is 1.98. The molecule has 0 aromatic carbocycles. The third-order valence-corrected chi connectivity index (χ3v) is 1.17. The van der Waals surface area contributed by atoms with Gasteiger partial charge in [-0.15, -0.1) is 0 Å². The molecular weight excluding hydrogens is 156 g/mol. The summed E-state index contributed by atoms with van der Waals surface area (Å²) >= 11 is 0. The monoisotopic (exact) mass is 170 g/mol. The van der Waals surface area contributed by atoms with E-state index in [9.17, 15) is 9.59 Å². The molecule has 0 aliphatic rings. The van der Waals surface area contributed by atoms with Crippen molar-refractivity contribution in [3.8, 4) is 0 Å². The zero-order valence-electron chi connectivity index (χ0n) is 7.44. The van der Waals surface area contributed by atoms with Crippen molar-refractivity contribution >= 4 is 11.8 Å². The Labute approximate surface area is 72.0 Å². The minimum Gasteiger partial charge on any atom is -0.355 e. The molecule has 68 valence electrons. The lowest BCUT2D eigenvalue weighted by Crippen LogP contribution is -2.33. The SMILES string of the molecule is C=C(C)C(=O)NCCNC(C)=O. The van der Waals surface area contributed by atoms with Crippen LogP contribution in [0.5, 0.6) is 0 Å². The van der Waals surface area contributed by atoms with E-state index in [0.717, 1.165) is 0 Å². The van der Waals surface area contributed by atoms with Gasteiger partial charge in [-0.2, -0.15) is 0 Å². The summed E-state index contributed by atoms with van der Waals surface area (Å²) in [6.45, 7) is 7.42. The highest BCUT2D eigenvalue weighted by molar-refractivity contribution is 5.92. The predicted molar refractivity (Wildman–Crippen MR) is 46.5 cm³/mol. The van der Waals surface area contributed by atoms with Gasteiger partial charge in [-0.25, -0.2) is 0 Å². The van der Waals surface area contributed by atoms with Gasteiger partial charge in [0.2, 0.25) is 11.8 Å². The molecule has 0 rings (SSSR count). The molecule has 0 aromatic rings. The van der Waals surface area contributed by atoms with Gasteiger partial charge in [0.25, 0.3) is 0 Å². The van der Waals surface area contributed by atoms with Gasteiger partial charge in [-0.05, 0) is 6.92 Å². The summed E-state index contributed by atoms with van der Waals surface area (Å²) in [7, 11) is 0. The number of rotatable bonds is 4. The third kappa shape index (κ3) is 5.46. The Morgan fingerprint density at radius 1 is 1.17 bits per heavy atom. The van der Waals surface area contributed by atoms with Gasteiger partial charge in [-0.3, -0.25) is 9.59 Å². The van der Waals surface area contributed by atoms with Crippen LogP contribution in [0.1, 0.15) is 13.8 Å². The lowest BCUT2D eigenvalue weighted by atomic mass is 10.3. The van der Waals surface area contributed by atoms with Gasteiger partial charge in [-0.1, -0.05) is 6.58 Å². The van der Waals surface area contributed by atoms with Crippen molar-refractivity contribution in [2.75, 3.05) is 13.1 Å². The Morgan fingerprint density at radius 3 is 2.08 bits per heavy atom. The molecule has 0 bridgehead atoms. The maximum Gasteiger partial charge on any atom is 0.246 e. The maximum atomic E-state index is 10.9. The van der Waals surface area contributed by atoms with Crippen LogP contribution in [0.2, 0.25) is 0 Å². The summed E-state index contributed by atoms with van der Waals surface area (Å²) in [6, 6.07) is 0. The minimum absolute atomic E-state index is 0.0976. The molecule has 0 aliphatic heterocycles. The van der Waals surface area contributed by atoms with E-state index in [-0.39, 0.29) is 11.8 Å². The van der Waals surface area contributed by atoms with Crippen LogP contribution in [0, 0.1) is 0 Å². The first kappa shape index (κ1) is 10.7. The number of hydrogen-bond donors (Lipinski definition) is 2. The van der Waals surface area contributed by atoms with Crippen LogP contribution in [-0.2, 0) is 9.59 Å². The van der Waals surface area contributed by atoms with Gasteiger partial charge < -0.3 is 10.6 Å².